The molecular weight excluding hydrogens is 260 g/mol. The molecule has 4 nitrogen and oxygen atoms in total. The number of rotatable bonds is 3. The second-order valence-corrected chi connectivity index (χ2v) is 6.22. The maximum Gasteiger partial charge on any atom is 0.145 e. The molecule has 1 aromatic heterocycles. The van der Waals surface area contributed by atoms with E-state index < -0.39 is 0 Å². The average molecular weight is 284 g/mol. The topological polar surface area (TPSA) is 47.1 Å². The van der Waals surface area contributed by atoms with Crippen molar-refractivity contribution in [1.29, 1.82) is 0 Å². The first-order chi connectivity index (χ1) is 10.1. The van der Waals surface area contributed by atoms with Gasteiger partial charge in [0.2, 0.25) is 0 Å². The van der Waals surface area contributed by atoms with Gasteiger partial charge in [-0.25, -0.2) is 0 Å². The van der Waals surface area contributed by atoms with Gasteiger partial charge in [0, 0.05) is 25.8 Å². The molecule has 3 rings (SSSR count). The summed E-state index contributed by atoms with van der Waals surface area (Å²) in [4.78, 5) is 2.54. The van der Waals surface area contributed by atoms with E-state index in [0.717, 1.165) is 32.5 Å². The molecule has 0 atom stereocenters. The summed E-state index contributed by atoms with van der Waals surface area (Å²) in [6, 6.07) is 9.21. The van der Waals surface area contributed by atoms with Crippen LogP contribution in [0.5, 0.6) is 0 Å². The Balaban J connectivity index is 1.58. The van der Waals surface area contributed by atoms with Crippen molar-refractivity contribution in [3.05, 3.63) is 47.2 Å². The number of nitrogens with zero attached hydrogens (tertiary/aromatic N) is 3. The van der Waals surface area contributed by atoms with Crippen LogP contribution in [-0.2, 0) is 6.54 Å². The monoisotopic (exact) mass is 284 g/mol. The zero-order chi connectivity index (χ0) is 14.8. The minimum Gasteiger partial charge on any atom is -0.382 e. The summed E-state index contributed by atoms with van der Waals surface area (Å²) in [5.74, 6) is 0.618. The molecule has 0 amide bonds. The molecule has 0 saturated carbocycles. The number of hydrogen-bond donors (Lipinski definition) is 1. The van der Waals surface area contributed by atoms with Gasteiger partial charge < -0.3 is 5.73 Å². The fraction of sp³-hybridized carbons (Fsp3) is 0.471. The lowest BCUT2D eigenvalue weighted by Crippen LogP contribution is -2.34. The van der Waals surface area contributed by atoms with Crippen molar-refractivity contribution in [2.24, 2.45) is 0 Å². The number of nitrogens with two attached hydrogens (primary N) is 1. The SMILES string of the molecule is Cc1cc(C)cc(CN2CCC(n3ccc(N)n3)CC2)c1. The number of anilines is 1. The van der Waals surface area contributed by atoms with Crippen molar-refractivity contribution in [2.45, 2.75) is 39.3 Å². The molecule has 2 aromatic rings. The summed E-state index contributed by atoms with van der Waals surface area (Å²) >= 11 is 0. The predicted molar refractivity (Wildman–Crippen MR) is 86.1 cm³/mol. The third kappa shape index (κ3) is 3.45. The van der Waals surface area contributed by atoms with Crippen LogP contribution >= 0.6 is 0 Å². The van der Waals surface area contributed by atoms with E-state index in [2.05, 4.69) is 42.0 Å². The second-order valence-electron chi connectivity index (χ2n) is 6.22. The Hall–Kier alpha value is -1.81. The largest absolute Gasteiger partial charge is 0.382 e. The molecule has 0 radical (unpaired) electrons. The summed E-state index contributed by atoms with van der Waals surface area (Å²) in [6.07, 6.45) is 4.29. The van der Waals surface area contributed by atoms with Gasteiger partial charge in [0.15, 0.2) is 0 Å². The molecule has 21 heavy (non-hydrogen) atoms. The molecule has 1 saturated heterocycles. The Morgan fingerprint density at radius 2 is 1.81 bits per heavy atom. The van der Waals surface area contributed by atoms with E-state index in [9.17, 15) is 0 Å². The molecule has 1 aliphatic rings. The Kier molecular flexibility index (Phi) is 3.97. The summed E-state index contributed by atoms with van der Waals surface area (Å²) in [6.45, 7) is 7.64. The van der Waals surface area contributed by atoms with Crippen LogP contribution in [0.1, 0.15) is 35.6 Å². The number of hydrogen-bond acceptors (Lipinski definition) is 3. The molecule has 2 N–H and O–H groups in total. The van der Waals surface area contributed by atoms with Crippen LogP contribution in [0, 0.1) is 13.8 Å². The van der Waals surface area contributed by atoms with Gasteiger partial charge in [0.25, 0.3) is 0 Å². The van der Waals surface area contributed by atoms with Crippen LogP contribution in [0.4, 0.5) is 5.82 Å². The minimum atomic E-state index is 0.498. The van der Waals surface area contributed by atoms with Crippen molar-refractivity contribution in [2.75, 3.05) is 18.8 Å². The van der Waals surface area contributed by atoms with Crippen molar-refractivity contribution in [3.8, 4) is 0 Å². The number of aromatic nitrogens is 2. The van der Waals surface area contributed by atoms with Crippen molar-refractivity contribution in [3.63, 3.8) is 0 Å². The Morgan fingerprint density at radius 1 is 1.14 bits per heavy atom. The zero-order valence-corrected chi connectivity index (χ0v) is 12.9. The lowest BCUT2D eigenvalue weighted by Gasteiger charge is -2.32. The van der Waals surface area contributed by atoms with Crippen LogP contribution in [-0.4, -0.2) is 27.8 Å². The fourth-order valence-electron chi connectivity index (χ4n) is 3.32. The van der Waals surface area contributed by atoms with Gasteiger partial charge in [-0.1, -0.05) is 29.3 Å². The van der Waals surface area contributed by atoms with Crippen LogP contribution in [0.15, 0.2) is 30.5 Å². The summed E-state index contributed by atoms with van der Waals surface area (Å²) in [5, 5.41) is 4.34. The molecule has 2 heterocycles. The molecule has 112 valence electrons. The highest BCUT2D eigenvalue weighted by Crippen LogP contribution is 2.23. The molecule has 0 bridgehead atoms. The Labute approximate surface area is 126 Å². The lowest BCUT2D eigenvalue weighted by atomic mass is 10.0. The first-order valence-electron chi connectivity index (χ1n) is 7.70. The number of aryl methyl sites for hydroxylation is 2. The zero-order valence-electron chi connectivity index (χ0n) is 12.9. The highest BCUT2D eigenvalue weighted by atomic mass is 15.3. The molecule has 1 aliphatic heterocycles. The van der Waals surface area contributed by atoms with Crippen LogP contribution < -0.4 is 5.73 Å². The minimum absolute atomic E-state index is 0.498. The number of piperidine rings is 1. The van der Waals surface area contributed by atoms with E-state index in [-0.39, 0.29) is 0 Å². The van der Waals surface area contributed by atoms with E-state index in [4.69, 9.17) is 5.73 Å². The summed E-state index contributed by atoms with van der Waals surface area (Å²) < 4.78 is 2.03. The van der Waals surface area contributed by atoms with E-state index in [0.29, 0.717) is 11.9 Å². The Morgan fingerprint density at radius 3 is 2.38 bits per heavy atom. The molecule has 0 spiro atoms. The smallest absolute Gasteiger partial charge is 0.145 e. The maximum atomic E-state index is 5.70. The van der Waals surface area contributed by atoms with E-state index >= 15 is 0 Å². The highest BCUT2D eigenvalue weighted by molar-refractivity contribution is 5.28. The van der Waals surface area contributed by atoms with E-state index in [1.807, 2.05) is 16.9 Å². The third-order valence-corrected chi connectivity index (χ3v) is 4.25. The van der Waals surface area contributed by atoms with Crippen LogP contribution in [0.25, 0.3) is 0 Å². The van der Waals surface area contributed by atoms with Crippen LogP contribution in [0.2, 0.25) is 0 Å². The third-order valence-electron chi connectivity index (χ3n) is 4.25. The van der Waals surface area contributed by atoms with E-state index in [1.165, 1.54) is 16.7 Å². The first-order valence-corrected chi connectivity index (χ1v) is 7.70. The van der Waals surface area contributed by atoms with Crippen molar-refractivity contribution < 1.29 is 0 Å². The van der Waals surface area contributed by atoms with Crippen molar-refractivity contribution in [1.82, 2.24) is 14.7 Å². The van der Waals surface area contributed by atoms with Gasteiger partial charge in [0.05, 0.1) is 6.04 Å². The first kappa shape index (κ1) is 14.1. The van der Waals surface area contributed by atoms with Gasteiger partial charge in [-0.05, 0) is 38.3 Å². The number of nitrogen functional groups attached to an aromatic ring is 1. The van der Waals surface area contributed by atoms with E-state index in [1.54, 1.807) is 0 Å². The molecule has 4 heteroatoms. The molecular formula is C17H24N4. The number of benzene rings is 1. The fourth-order valence-corrected chi connectivity index (χ4v) is 3.32. The standard InChI is InChI=1S/C17H24N4/c1-13-9-14(2)11-15(10-13)12-20-6-3-16(4-7-20)21-8-5-17(18)19-21/h5,8-11,16H,3-4,6-7,12H2,1-2H3,(H2,18,19). The summed E-state index contributed by atoms with van der Waals surface area (Å²) in [5.41, 5.74) is 9.83. The quantitative estimate of drug-likeness (QED) is 0.942. The maximum absolute atomic E-state index is 5.70. The van der Waals surface area contributed by atoms with Gasteiger partial charge in [-0.3, -0.25) is 9.58 Å². The normalized spacial score (nSPS) is 17.2. The Bertz CT molecular complexity index is 589. The highest BCUT2D eigenvalue weighted by Gasteiger charge is 2.21. The van der Waals surface area contributed by atoms with Crippen molar-refractivity contribution >= 4 is 5.82 Å². The number of likely N-dealkylation sites (tertiary alicyclic amines) is 1. The van der Waals surface area contributed by atoms with Gasteiger partial charge in [0.1, 0.15) is 5.82 Å². The van der Waals surface area contributed by atoms with Gasteiger partial charge in [-0.2, -0.15) is 5.10 Å². The average Bonchev–Trinajstić information content (AvgIpc) is 2.85. The van der Waals surface area contributed by atoms with Gasteiger partial charge >= 0.3 is 0 Å². The molecule has 1 fully saturated rings. The van der Waals surface area contributed by atoms with Gasteiger partial charge in [-0.15, -0.1) is 0 Å². The molecule has 1 aromatic carbocycles. The lowest BCUT2D eigenvalue weighted by molar-refractivity contribution is 0.173. The molecule has 0 unspecified atom stereocenters. The molecule has 0 aliphatic carbocycles. The second kappa shape index (κ2) is 5.90. The predicted octanol–water partition coefficient (Wildman–Crippen LogP) is 2.92. The summed E-state index contributed by atoms with van der Waals surface area (Å²) in [7, 11) is 0. The van der Waals surface area contributed by atoms with Crippen LogP contribution in [0.3, 0.4) is 0 Å².